The average molecular weight is 272 g/mol. The number of pyridine rings is 1. The number of hydrogen-bond acceptors (Lipinski definition) is 4. The molecular formula is C14H12N2O4. The summed E-state index contributed by atoms with van der Waals surface area (Å²) in [6.07, 6.45) is 0. The normalized spacial score (nSPS) is 10.1. The number of benzene rings is 1. The van der Waals surface area contributed by atoms with Gasteiger partial charge in [0.25, 0.3) is 5.91 Å². The van der Waals surface area contributed by atoms with Crippen LogP contribution >= 0.6 is 0 Å². The summed E-state index contributed by atoms with van der Waals surface area (Å²) in [6.45, 7) is 1.68. The van der Waals surface area contributed by atoms with Crippen molar-refractivity contribution in [2.24, 2.45) is 0 Å². The molecule has 2 rings (SSSR count). The molecular weight excluding hydrogens is 260 g/mol. The van der Waals surface area contributed by atoms with Crippen LogP contribution in [0.15, 0.2) is 36.4 Å². The predicted molar refractivity (Wildman–Crippen MR) is 72.0 cm³/mol. The summed E-state index contributed by atoms with van der Waals surface area (Å²) in [7, 11) is 0. The van der Waals surface area contributed by atoms with Gasteiger partial charge < -0.3 is 15.5 Å². The van der Waals surface area contributed by atoms with E-state index in [0.29, 0.717) is 5.56 Å². The van der Waals surface area contributed by atoms with E-state index in [-0.39, 0.29) is 22.8 Å². The second-order valence-corrected chi connectivity index (χ2v) is 4.14. The van der Waals surface area contributed by atoms with E-state index in [9.17, 15) is 14.7 Å². The fraction of sp³-hybridized carbons (Fsp3) is 0.0714. The van der Waals surface area contributed by atoms with Gasteiger partial charge in [-0.2, -0.15) is 0 Å². The third-order valence-corrected chi connectivity index (χ3v) is 2.69. The molecule has 0 radical (unpaired) electrons. The number of carboxylic acids is 1. The number of aromatic carboxylic acids is 1. The number of nitrogens with one attached hydrogen (secondary N) is 1. The summed E-state index contributed by atoms with van der Waals surface area (Å²) < 4.78 is 0. The molecule has 102 valence electrons. The number of amides is 1. The first-order valence-electron chi connectivity index (χ1n) is 5.79. The lowest BCUT2D eigenvalue weighted by Crippen LogP contribution is -2.14. The summed E-state index contributed by atoms with van der Waals surface area (Å²) in [6, 6.07) is 9.06. The Kier molecular flexibility index (Phi) is 3.65. The highest BCUT2D eigenvalue weighted by Crippen LogP contribution is 2.22. The minimum atomic E-state index is -1.18. The van der Waals surface area contributed by atoms with Crippen molar-refractivity contribution in [1.82, 2.24) is 4.98 Å². The standard InChI is InChI=1S/C14H12N2O4/c1-8-4-2-5-9(12(8)17)13(18)16-11-7-3-6-10(15-11)14(19)20/h2-7,17H,1H3,(H,19,20)(H,15,16,18). The molecule has 0 aliphatic rings. The van der Waals surface area contributed by atoms with Gasteiger partial charge in [-0.1, -0.05) is 18.2 Å². The molecule has 0 aliphatic heterocycles. The molecule has 0 fully saturated rings. The Morgan fingerprint density at radius 1 is 1.15 bits per heavy atom. The Hall–Kier alpha value is -2.89. The van der Waals surface area contributed by atoms with E-state index >= 15 is 0 Å². The summed E-state index contributed by atoms with van der Waals surface area (Å²) in [5.74, 6) is -1.74. The van der Waals surface area contributed by atoms with Crippen molar-refractivity contribution >= 4 is 17.7 Å². The van der Waals surface area contributed by atoms with Gasteiger partial charge >= 0.3 is 5.97 Å². The van der Waals surface area contributed by atoms with Crippen LogP contribution in [0.2, 0.25) is 0 Å². The van der Waals surface area contributed by atoms with Crippen LogP contribution in [0.5, 0.6) is 5.75 Å². The van der Waals surface area contributed by atoms with Crippen LogP contribution in [-0.2, 0) is 0 Å². The summed E-state index contributed by atoms with van der Waals surface area (Å²) in [5, 5.41) is 21.1. The molecule has 6 nitrogen and oxygen atoms in total. The third kappa shape index (κ3) is 2.74. The minimum Gasteiger partial charge on any atom is -0.507 e. The molecule has 0 saturated carbocycles. The van der Waals surface area contributed by atoms with Crippen molar-refractivity contribution in [1.29, 1.82) is 0 Å². The van der Waals surface area contributed by atoms with Gasteiger partial charge in [-0.15, -0.1) is 0 Å². The number of carbonyl (C=O) groups is 2. The summed E-state index contributed by atoms with van der Waals surface area (Å²) >= 11 is 0. The first-order chi connectivity index (χ1) is 9.49. The lowest BCUT2D eigenvalue weighted by atomic mass is 10.1. The number of phenolic OH excluding ortho intramolecular Hbond substituents is 1. The van der Waals surface area contributed by atoms with Crippen molar-refractivity contribution in [3.8, 4) is 5.75 Å². The Labute approximate surface area is 114 Å². The van der Waals surface area contributed by atoms with Crippen molar-refractivity contribution in [3.63, 3.8) is 0 Å². The number of hydrogen-bond donors (Lipinski definition) is 3. The minimum absolute atomic E-state index is 0.104. The Bertz CT molecular complexity index is 683. The highest BCUT2D eigenvalue weighted by molar-refractivity contribution is 6.06. The van der Waals surface area contributed by atoms with Gasteiger partial charge in [0, 0.05) is 0 Å². The zero-order chi connectivity index (χ0) is 14.7. The highest BCUT2D eigenvalue weighted by Gasteiger charge is 2.14. The zero-order valence-corrected chi connectivity index (χ0v) is 10.6. The molecule has 1 amide bonds. The third-order valence-electron chi connectivity index (χ3n) is 2.69. The molecule has 6 heteroatoms. The van der Waals surface area contributed by atoms with Gasteiger partial charge in [0.15, 0.2) is 5.69 Å². The fourth-order valence-corrected chi connectivity index (χ4v) is 1.65. The van der Waals surface area contributed by atoms with E-state index in [1.807, 2.05) is 0 Å². The van der Waals surface area contributed by atoms with Gasteiger partial charge in [0.2, 0.25) is 0 Å². The van der Waals surface area contributed by atoms with Crippen LogP contribution in [0, 0.1) is 6.92 Å². The first-order valence-corrected chi connectivity index (χ1v) is 5.79. The van der Waals surface area contributed by atoms with Crippen LogP contribution in [0.1, 0.15) is 26.4 Å². The van der Waals surface area contributed by atoms with Gasteiger partial charge in [-0.25, -0.2) is 9.78 Å². The lowest BCUT2D eigenvalue weighted by molar-refractivity contribution is 0.0690. The Morgan fingerprint density at radius 3 is 2.55 bits per heavy atom. The van der Waals surface area contributed by atoms with Crippen LogP contribution < -0.4 is 5.32 Å². The molecule has 0 spiro atoms. The number of rotatable bonds is 3. The molecule has 2 aromatic rings. The van der Waals surface area contributed by atoms with E-state index in [2.05, 4.69) is 10.3 Å². The van der Waals surface area contributed by atoms with Crippen LogP contribution in [0.3, 0.4) is 0 Å². The van der Waals surface area contributed by atoms with E-state index < -0.39 is 11.9 Å². The maximum atomic E-state index is 12.0. The molecule has 1 heterocycles. The number of nitrogens with zero attached hydrogens (tertiary/aromatic N) is 1. The maximum Gasteiger partial charge on any atom is 0.354 e. The van der Waals surface area contributed by atoms with Crippen molar-refractivity contribution in [2.45, 2.75) is 6.92 Å². The summed E-state index contributed by atoms with van der Waals surface area (Å²) in [5.41, 5.74) is 0.508. The molecule has 0 aliphatic carbocycles. The number of para-hydroxylation sites is 1. The number of phenols is 1. The molecule has 3 N–H and O–H groups in total. The quantitative estimate of drug-likeness (QED) is 0.794. The SMILES string of the molecule is Cc1cccc(C(=O)Nc2cccc(C(=O)O)n2)c1O. The average Bonchev–Trinajstić information content (AvgIpc) is 2.42. The lowest BCUT2D eigenvalue weighted by Gasteiger charge is -2.08. The molecule has 0 bridgehead atoms. The zero-order valence-electron chi connectivity index (χ0n) is 10.6. The summed E-state index contributed by atoms with van der Waals surface area (Å²) in [4.78, 5) is 26.6. The highest BCUT2D eigenvalue weighted by atomic mass is 16.4. The van der Waals surface area contributed by atoms with E-state index in [4.69, 9.17) is 5.11 Å². The van der Waals surface area contributed by atoms with Crippen molar-refractivity contribution in [2.75, 3.05) is 5.32 Å². The van der Waals surface area contributed by atoms with E-state index in [0.717, 1.165) is 0 Å². The van der Waals surface area contributed by atoms with Gasteiger partial charge in [0.05, 0.1) is 5.56 Å². The van der Waals surface area contributed by atoms with E-state index in [1.165, 1.54) is 24.3 Å². The Morgan fingerprint density at radius 2 is 1.85 bits per heavy atom. The topological polar surface area (TPSA) is 99.5 Å². The second kappa shape index (κ2) is 5.40. The van der Waals surface area contributed by atoms with Crippen LogP contribution in [0.4, 0.5) is 5.82 Å². The smallest absolute Gasteiger partial charge is 0.354 e. The largest absolute Gasteiger partial charge is 0.507 e. The number of anilines is 1. The molecule has 0 atom stereocenters. The molecule has 0 saturated heterocycles. The van der Waals surface area contributed by atoms with Crippen molar-refractivity contribution < 1.29 is 19.8 Å². The fourth-order valence-electron chi connectivity index (χ4n) is 1.65. The van der Waals surface area contributed by atoms with Gasteiger partial charge in [0.1, 0.15) is 11.6 Å². The second-order valence-electron chi connectivity index (χ2n) is 4.14. The molecule has 1 aromatic carbocycles. The Balaban J connectivity index is 2.26. The molecule has 20 heavy (non-hydrogen) atoms. The van der Waals surface area contributed by atoms with Crippen molar-refractivity contribution in [3.05, 3.63) is 53.2 Å². The number of carboxylic acid groups (broad SMARTS) is 1. The monoisotopic (exact) mass is 272 g/mol. The predicted octanol–water partition coefficient (Wildman–Crippen LogP) is 2.05. The maximum absolute atomic E-state index is 12.0. The van der Waals surface area contributed by atoms with Gasteiger partial charge in [-0.05, 0) is 30.7 Å². The number of aryl methyl sites for hydroxylation is 1. The van der Waals surface area contributed by atoms with Crippen LogP contribution in [0.25, 0.3) is 0 Å². The number of aromatic nitrogens is 1. The van der Waals surface area contributed by atoms with Crippen LogP contribution in [-0.4, -0.2) is 27.1 Å². The van der Waals surface area contributed by atoms with Gasteiger partial charge in [-0.3, -0.25) is 4.79 Å². The molecule has 0 unspecified atom stereocenters. The first kappa shape index (κ1) is 13.5. The number of carbonyl (C=O) groups excluding carboxylic acids is 1. The van der Waals surface area contributed by atoms with E-state index in [1.54, 1.807) is 19.1 Å². The number of aromatic hydroxyl groups is 1. The molecule has 1 aromatic heterocycles.